The molecular weight excluding hydrogens is 248 g/mol. The predicted molar refractivity (Wildman–Crippen MR) is 69.3 cm³/mol. The summed E-state index contributed by atoms with van der Waals surface area (Å²) in [4.78, 5) is 23.2. The van der Waals surface area contributed by atoms with Gasteiger partial charge in [-0.25, -0.2) is 9.59 Å². The van der Waals surface area contributed by atoms with Crippen molar-refractivity contribution in [3.8, 4) is 5.75 Å². The average molecular weight is 266 g/mol. The molecule has 104 valence electrons. The summed E-state index contributed by atoms with van der Waals surface area (Å²) in [5.74, 6) is -0.428. The molecule has 0 fully saturated rings. The summed E-state index contributed by atoms with van der Waals surface area (Å²) >= 11 is 0. The molecule has 0 aromatic heterocycles. The molecule has 0 spiro atoms. The molecule has 0 amide bonds. The fourth-order valence-corrected chi connectivity index (χ4v) is 1.29. The normalized spacial score (nSPS) is 10.7. The van der Waals surface area contributed by atoms with Gasteiger partial charge in [0.1, 0.15) is 16.9 Å². The summed E-state index contributed by atoms with van der Waals surface area (Å²) in [6.45, 7) is 7.16. The van der Waals surface area contributed by atoms with Gasteiger partial charge in [-0.3, -0.25) is 0 Å². The van der Waals surface area contributed by atoms with Crippen molar-refractivity contribution in [1.29, 1.82) is 0 Å². The summed E-state index contributed by atoms with van der Waals surface area (Å²) < 4.78 is 14.9. The summed E-state index contributed by atoms with van der Waals surface area (Å²) in [5, 5.41) is 0. The van der Waals surface area contributed by atoms with E-state index in [-0.39, 0.29) is 17.9 Å². The minimum absolute atomic E-state index is 0.121. The lowest BCUT2D eigenvalue weighted by molar-refractivity contribution is 0.00665. The highest BCUT2D eigenvalue weighted by Crippen LogP contribution is 2.22. The van der Waals surface area contributed by atoms with Gasteiger partial charge >= 0.3 is 12.1 Å². The van der Waals surface area contributed by atoms with E-state index >= 15 is 0 Å². The third kappa shape index (κ3) is 4.99. The van der Waals surface area contributed by atoms with Crippen LogP contribution in [0, 0.1) is 0 Å². The van der Waals surface area contributed by atoms with Gasteiger partial charge in [0.25, 0.3) is 0 Å². The zero-order chi connectivity index (χ0) is 14.5. The lowest BCUT2D eigenvalue weighted by atomic mass is 10.1. The molecule has 1 aromatic rings. The molecule has 1 aromatic carbocycles. The van der Waals surface area contributed by atoms with Crippen LogP contribution in [-0.4, -0.2) is 24.3 Å². The average Bonchev–Trinajstić information content (AvgIpc) is 2.27. The standard InChI is InChI=1S/C14H18O5/c1-5-17-13(16)18-11-9-7-6-8-10(11)12(15)19-14(2,3)4/h6-9H,5H2,1-4H3. The first-order valence-corrected chi connectivity index (χ1v) is 6.00. The summed E-state index contributed by atoms with van der Waals surface area (Å²) in [7, 11) is 0. The summed E-state index contributed by atoms with van der Waals surface area (Å²) in [5.41, 5.74) is -0.431. The van der Waals surface area contributed by atoms with Crippen LogP contribution < -0.4 is 4.74 Å². The van der Waals surface area contributed by atoms with Gasteiger partial charge in [-0.2, -0.15) is 0 Å². The third-order valence-corrected chi connectivity index (χ3v) is 1.96. The van der Waals surface area contributed by atoms with Gasteiger partial charge in [0.2, 0.25) is 0 Å². The van der Waals surface area contributed by atoms with Crippen LogP contribution in [-0.2, 0) is 9.47 Å². The van der Waals surface area contributed by atoms with E-state index in [1.54, 1.807) is 39.8 Å². The van der Waals surface area contributed by atoms with Crippen LogP contribution in [0.5, 0.6) is 5.75 Å². The second-order valence-electron chi connectivity index (χ2n) is 4.78. The van der Waals surface area contributed by atoms with E-state index in [4.69, 9.17) is 9.47 Å². The predicted octanol–water partition coefficient (Wildman–Crippen LogP) is 3.18. The van der Waals surface area contributed by atoms with Crippen LogP contribution in [0.3, 0.4) is 0 Å². The minimum Gasteiger partial charge on any atom is -0.456 e. The second kappa shape index (κ2) is 6.22. The Hall–Kier alpha value is -2.04. The largest absolute Gasteiger partial charge is 0.513 e. The lowest BCUT2D eigenvalue weighted by Crippen LogP contribution is -2.24. The zero-order valence-corrected chi connectivity index (χ0v) is 11.6. The maximum atomic E-state index is 12.0. The van der Waals surface area contributed by atoms with Gasteiger partial charge < -0.3 is 14.2 Å². The van der Waals surface area contributed by atoms with Gasteiger partial charge in [0.05, 0.1) is 6.61 Å². The van der Waals surface area contributed by atoms with Gasteiger partial charge in [-0.1, -0.05) is 12.1 Å². The quantitative estimate of drug-likeness (QED) is 0.621. The number of benzene rings is 1. The topological polar surface area (TPSA) is 61.8 Å². The van der Waals surface area contributed by atoms with Gasteiger partial charge in [-0.05, 0) is 39.8 Å². The molecule has 19 heavy (non-hydrogen) atoms. The van der Waals surface area contributed by atoms with Crippen molar-refractivity contribution < 1.29 is 23.8 Å². The van der Waals surface area contributed by atoms with Crippen LogP contribution in [0.2, 0.25) is 0 Å². The molecule has 1 rings (SSSR count). The van der Waals surface area contributed by atoms with Crippen molar-refractivity contribution in [2.24, 2.45) is 0 Å². The first kappa shape index (κ1) is 15.0. The van der Waals surface area contributed by atoms with Crippen molar-refractivity contribution in [2.45, 2.75) is 33.3 Å². The molecule has 0 N–H and O–H groups in total. The van der Waals surface area contributed by atoms with Crippen LogP contribution >= 0.6 is 0 Å². The first-order valence-electron chi connectivity index (χ1n) is 6.00. The van der Waals surface area contributed by atoms with Crippen molar-refractivity contribution in [2.75, 3.05) is 6.61 Å². The highest BCUT2D eigenvalue weighted by molar-refractivity contribution is 5.93. The van der Waals surface area contributed by atoms with Crippen molar-refractivity contribution in [3.63, 3.8) is 0 Å². The van der Waals surface area contributed by atoms with E-state index in [1.165, 1.54) is 12.1 Å². The van der Waals surface area contributed by atoms with E-state index in [0.29, 0.717) is 0 Å². The minimum atomic E-state index is -0.849. The molecule has 0 saturated carbocycles. The molecule has 5 nitrogen and oxygen atoms in total. The Balaban J connectivity index is 2.89. The fourth-order valence-electron chi connectivity index (χ4n) is 1.29. The SMILES string of the molecule is CCOC(=O)Oc1ccccc1C(=O)OC(C)(C)C. The molecule has 0 aliphatic heterocycles. The maximum Gasteiger partial charge on any atom is 0.513 e. The zero-order valence-electron chi connectivity index (χ0n) is 11.6. The number of para-hydroxylation sites is 1. The van der Waals surface area contributed by atoms with Crippen LogP contribution in [0.15, 0.2) is 24.3 Å². The van der Waals surface area contributed by atoms with Crippen molar-refractivity contribution in [1.82, 2.24) is 0 Å². The highest BCUT2D eigenvalue weighted by Gasteiger charge is 2.22. The van der Waals surface area contributed by atoms with E-state index in [0.717, 1.165) is 0 Å². The Bertz CT molecular complexity index is 459. The fraction of sp³-hybridized carbons (Fsp3) is 0.429. The molecule has 0 radical (unpaired) electrons. The molecule has 5 heteroatoms. The van der Waals surface area contributed by atoms with Crippen molar-refractivity contribution >= 4 is 12.1 Å². The Kier molecular flexibility index (Phi) is 4.92. The molecule has 0 bridgehead atoms. The summed E-state index contributed by atoms with van der Waals surface area (Å²) in [6.07, 6.45) is -0.849. The van der Waals surface area contributed by atoms with Gasteiger partial charge in [-0.15, -0.1) is 0 Å². The Labute approximate surface area is 112 Å². The smallest absolute Gasteiger partial charge is 0.456 e. The number of hydrogen-bond acceptors (Lipinski definition) is 5. The Morgan fingerprint density at radius 2 is 1.79 bits per heavy atom. The molecule has 0 aliphatic carbocycles. The lowest BCUT2D eigenvalue weighted by Gasteiger charge is -2.20. The Morgan fingerprint density at radius 3 is 2.37 bits per heavy atom. The second-order valence-corrected chi connectivity index (χ2v) is 4.78. The highest BCUT2D eigenvalue weighted by atomic mass is 16.7. The summed E-state index contributed by atoms with van der Waals surface area (Å²) in [6, 6.07) is 6.36. The van der Waals surface area contributed by atoms with Gasteiger partial charge in [0.15, 0.2) is 0 Å². The first-order chi connectivity index (χ1) is 8.83. The molecule has 0 heterocycles. The number of carbonyl (C=O) groups excluding carboxylic acids is 2. The molecule has 0 atom stereocenters. The number of rotatable bonds is 3. The van der Waals surface area contributed by atoms with Gasteiger partial charge in [0, 0.05) is 0 Å². The number of carbonyl (C=O) groups is 2. The van der Waals surface area contributed by atoms with E-state index in [9.17, 15) is 9.59 Å². The Morgan fingerprint density at radius 1 is 1.16 bits per heavy atom. The number of hydrogen-bond donors (Lipinski definition) is 0. The van der Waals surface area contributed by atoms with Crippen LogP contribution in [0.1, 0.15) is 38.1 Å². The molecule has 0 aliphatic rings. The van der Waals surface area contributed by atoms with E-state index < -0.39 is 17.7 Å². The number of ether oxygens (including phenoxy) is 3. The third-order valence-electron chi connectivity index (χ3n) is 1.96. The van der Waals surface area contributed by atoms with Crippen LogP contribution in [0.25, 0.3) is 0 Å². The monoisotopic (exact) mass is 266 g/mol. The molecular formula is C14H18O5. The van der Waals surface area contributed by atoms with Crippen LogP contribution in [0.4, 0.5) is 4.79 Å². The number of esters is 1. The maximum absolute atomic E-state index is 12.0. The van der Waals surface area contributed by atoms with E-state index in [1.807, 2.05) is 0 Å². The molecule has 0 unspecified atom stereocenters. The van der Waals surface area contributed by atoms with E-state index in [2.05, 4.69) is 4.74 Å². The van der Waals surface area contributed by atoms with Crippen molar-refractivity contribution in [3.05, 3.63) is 29.8 Å². The molecule has 0 saturated heterocycles.